The summed E-state index contributed by atoms with van der Waals surface area (Å²) in [4.78, 5) is 137. The summed E-state index contributed by atoms with van der Waals surface area (Å²) in [7, 11) is 25.8. The SMILES string of the molecule is CC.CC.CC.CC.CC(C)C(=O)N(C)C.CN(C)C(=O)Cl.CN=C=O.CNC.CNC.CNC(=O)N(C)C.COC(=O)C(Cc1ccccc1)NC(C)=O.COC(=O)C(Cc1ccccc1)NC(C)=O.COC(=O)C(Cc1ccccc1)NC(C)=O.COC(=O)C(Cc1ccccc1)NC(C)=O. The molecule has 103 heavy (non-hydrogen) atoms. The van der Waals surface area contributed by atoms with E-state index >= 15 is 0 Å². The molecular weight excluding hydrogens is 1350 g/mol. The van der Waals surface area contributed by atoms with Gasteiger partial charge in [0.2, 0.25) is 35.6 Å². The van der Waals surface area contributed by atoms with Gasteiger partial charge in [-0.3, -0.25) is 28.8 Å². The minimum Gasteiger partial charge on any atom is -0.467 e. The number of rotatable bonds is 17. The van der Waals surface area contributed by atoms with E-state index in [1.807, 2.05) is 219 Å². The maximum Gasteiger partial charge on any atom is 0.328 e. The number of methoxy groups -OCH3 is 4. The summed E-state index contributed by atoms with van der Waals surface area (Å²) in [6.07, 6.45) is 3.06. The van der Waals surface area contributed by atoms with Crippen molar-refractivity contribution in [2.75, 3.05) is 113 Å². The van der Waals surface area contributed by atoms with Gasteiger partial charge >= 0.3 is 35.3 Å². The van der Waals surface area contributed by atoms with Crippen molar-refractivity contribution in [2.24, 2.45) is 10.9 Å². The van der Waals surface area contributed by atoms with Gasteiger partial charge < -0.3 is 70.9 Å². The van der Waals surface area contributed by atoms with E-state index in [9.17, 15) is 52.7 Å². The van der Waals surface area contributed by atoms with Gasteiger partial charge in [-0.2, -0.15) is 0 Å². The number of isocyanates is 1. The molecule has 0 bridgehead atoms. The van der Waals surface area contributed by atoms with Crippen LogP contribution in [0.4, 0.5) is 9.59 Å². The van der Waals surface area contributed by atoms with E-state index in [2.05, 4.69) is 61.2 Å². The van der Waals surface area contributed by atoms with Crippen LogP contribution in [0.15, 0.2) is 126 Å². The number of hydrogen-bond acceptors (Lipinski definition) is 19. The van der Waals surface area contributed by atoms with Crippen LogP contribution in [0, 0.1) is 5.92 Å². The van der Waals surface area contributed by atoms with Crippen LogP contribution in [0.2, 0.25) is 0 Å². The molecule has 4 aromatic rings. The summed E-state index contributed by atoms with van der Waals surface area (Å²) in [6, 6.07) is 35.3. The van der Waals surface area contributed by atoms with Gasteiger partial charge in [-0.15, -0.1) is 0 Å². The topological polar surface area (TPSA) is 348 Å². The van der Waals surface area contributed by atoms with E-state index in [0.29, 0.717) is 25.7 Å². The Kier molecular flexibility index (Phi) is 92.5. The van der Waals surface area contributed by atoms with Gasteiger partial charge in [0.25, 0.3) is 0 Å². The predicted molar refractivity (Wildman–Crippen MR) is 415 cm³/mol. The van der Waals surface area contributed by atoms with Gasteiger partial charge in [0, 0.05) is 116 Å². The van der Waals surface area contributed by atoms with Gasteiger partial charge in [0.05, 0.1) is 28.4 Å². The molecule has 7 N–H and O–H groups in total. The fourth-order valence-electron chi connectivity index (χ4n) is 6.46. The molecule has 0 fully saturated rings. The molecule has 0 aliphatic carbocycles. The second-order valence-electron chi connectivity index (χ2n) is 20.2. The highest BCUT2D eigenvalue weighted by Crippen LogP contribution is 2.08. The summed E-state index contributed by atoms with van der Waals surface area (Å²) in [5.41, 5.74) is 3.91. The summed E-state index contributed by atoms with van der Waals surface area (Å²) in [6.45, 7) is 25.3. The van der Waals surface area contributed by atoms with Crippen LogP contribution in [0.1, 0.15) is 119 Å². The molecule has 0 aliphatic rings. The number of halogens is 1. The number of urea groups is 1. The maximum absolute atomic E-state index is 11.4. The van der Waals surface area contributed by atoms with E-state index in [0.717, 1.165) is 22.3 Å². The number of benzene rings is 4. The van der Waals surface area contributed by atoms with Crippen LogP contribution >= 0.6 is 11.6 Å². The number of nitrogens with one attached hydrogen (secondary N) is 7. The molecule has 0 heterocycles. The Hall–Kier alpha value is -9.56. The predicted octanol–water partition coefficient (Wildman–Crippen LogP) is 8.88. The second kappa shape index (κ2) is 83.1. The molecule has 4 unspecified atom stereocenters. The van der Waals surface area contributed by atoms with Crippen molar-refractivity contribution in [2.45, 2.75) is 147 Å². The van der Waals surface area contributed by atoms with Gasteiger partial charge in [-0.25, -0.2) is 33.8 Å². The second-order valence-corrected chi connectivity index (χ2v) is 20.5. The Balaban J connectivity index is -0.000000120. The van der Waals surface area contributed by atoms with E-state index in [4.69, 9.17) is 16.4 Å². The zero-order chi connectivity index (χ0) is 82.4. The summed E-state index contributed by atoms with van der Waals surface area (Å²) < 4.78 is 18.5. The lowest BCUT2D eigenvalue weighted by Crippen LogP contribution is -2.41. The lowest BCUT2D eigenvalue weighted by molar-refractivity contribution is -0.145. The maximum atomic E-state index is 11.4. The van der Waals surface area contributed by atoms with Gasteiger partial charge in [-0.05, 0) is 62.0 Å². The van der Waals surface area contributed by atoms with Crippen molar-refractivity contribution in [3.8, 4) is 0 Å². The Morgan fingerprint density at radius 1 is 0.398 bits per heavy atom. The number of nitrogens with zero attached hydrogens (tertiary/aromatic N) is 4. The fraction of sp³-hybridized carbons (Fsp3) is 0.520. The molecule has 0 spiro atoms. The molecule has 0 saturated carbocycles. The van der Waals surface area contributed by atoms with Gasteiger partial charge in [0.15, 0.2) is 0 Å². The first-order valence-electron chi connectivity index (χ1n) is 33.3. The average Bonchev–Trinajstić information content (AvgIpc) is 0.923. The van der Waals surface area contributed by atoms with Crippen LogP contribution in [0.5, 0.6) is 0 Å². The zero-order valence-electron chi connectivity index (χ0n) is 67.5. The quantitative estimate of drug-likeness (QED) is 0.0129. The number of hydrogen-bond donors (Lipinski definition) is 7. The summed E-state index contributed by atoms with van der Waals surface area (Å²) >= 11 is 4.90. The van der Waals surface area contributed by atoms with Crippen molar-refractivity contribution in [1.82, 2.24) is 51.9 Å². The molecular formula is C75H130ClN11O16. The number of ether oxygens (including phenoxy) is 4. The Morgan fingerprint density at radius 3 is 0.650 bits per heavy atom. The van der Waals surface area contributed by atoms with Gasteiger partial charge in [-0.1, -0.05) is 191 Å². The first-order valence-corrected chi connectivity index (χ1v) is 33.7. The van der Waals surface area contributed by atoms with Gasteiger partial charge in [0.1, 0.15) is 24.2 Å². The minimum absolute atomic E-state index is 0.0694. The number of carbonyl (C=O) groups is 11. The molecule has 4 rings (SSSR count). The Bertz CT molecular complexity index is 2480. The first kappa shape index (κ1) is 115. The van der Waals surface area contributed by atoms with Crippen LogP contribution in [-0.4, -0.2) is 223 Å². The standard InChI is InChI=1S/4C12H15NO3.C6H13NO.C4H10N2O.C3H6ClNO.C2H3NO.2C2H7N.4C2H6/c4*1-9(14)13-11(12(15)16-2)8-10-6-4-3-5-7-10;1-5(2)6(8)7(3)4;1-5-4(7)6(2)3;1-5(2)3(4)6;1-3-2-4;2*1-3-2;4*1-2/h4*3-7,11H,8H2,1-2H3,(H,13,14);5H,1-4H3;1-3H3,(H,5,7);1-2H3;1H3;2*3H,1-2H3;4*1-2H3. The smallest absolute Gasteiger partial charge is 0.328 e. The molecule has 4 aromatic carbocycles. The normalized spacial score (nSPS) is 9.71. The van der Waals surface area contributed by atoms with E-state index < -0.39 is 53.4 Å². The number of carbonyl (C=O) groups excluding carboxylic acids is 12. The fourth-order valence-corrected chi connectivity index (χ4v) is 6.46. The van der Waals surface area contributed by atoms with Crippen LogP contribution < -0.4 is 37.2 Å². The molecule has 28 heteroatoms. The van der Waals surface area contributed by atoms with Crippen molar-refractivity contribution in [1.29, 1.82) is 0 Å². The number of amides is 8. The van der Waals surface area contributed by atoms with Crippen LogP contribution in [0.3, 0.4) is 0 Å². The van der Waals surface area contributed by atoms with Crippen molar-refractivity contribution < 1.29 is 76.5 Å². The van der Waals surface area contributed by atoms with E-state index in [1.54, 1.807) is 54.2 Å². The molecule has 0 aliphatic heterocycles. The first-order chi connectivity index (χ1) is 48.6. The molecule has 588 valence electrons. The Labute approximate surface area is 622 Å². The minimum atomic E-state index is -0.620. The molecule has 27 nitrogen and oxygen atoms in total. The van der Waals surface area contributed by atoms with Crippen molar-refractivity contribution in [3.63, 3.8) is 0 Å². The largest absolute Gasteiger partial charge is 0.467 e. The third-order valence-electron chi connectivity index (χ3n) is 10.6. The van der Waals surface area contributed by atoms with Crippen LogP contribution in [0.25, 0.3) is 0 Å². The Morgan fingerprint density at radius 2 is 0.573 bits per heavy atom. The van der Waals surface area contributed by atoms with E-state index in [-0.39, 0.29) is 41.5 Å². The third-order valence-corrected chi connectivity index (χ3v) is 10.9. The summed E-state index contributed by atoms with van der Waals surface area (Å²) in [5, 5.41) is 17.8. The number of esters is 4. The third kappa shape index (κ3) is 79.6. The molecule has 0 saturated heterocycles. The summed E-state index contributed by atoms with van der Waals surface area (Å²) in [5.74, 6) is -2.39. The van der Waals surface area contributed by atoms with Crippen molar-refractivity contribution in [3.05, 3.63) is 144 Å². The molecule has 4 atom stereocenters. The van der Waals surface area contributed by atoms with Crippen molar-refractivity contribution >= 4 is 82.5 Å². The van der Waals surface area contributed by atoms with Crippen LogP contribution in [-0.2, 0) is 92.6 Å². The average molecular weight is 1480 g/mol. The van der Waals surface area contributed by atoms with E-state index in [1.165, 1.54) is 79.1 Å². The highest BCUT2D eigenvalue weighted by molar-refractivity contribution is 6.62. The highest BCUT2D eigenvalue weighted by atomic mass is 35.5. The number of aliphatic imine (C=N–C) groups is 1. The monoisotopic (exact) mass is 1480 g/mol. The molecule has 0 radical (unpaired) electrons. The molecule has 0 aromatic heterocycles. The zero-order valence-corrected chi connectivity index (χ0v) is 68.2. The lowest BCUT2D eigenvalue weighted by Gasteiger charge is -2.15. The lowest BCUT2D eigenvalue weighted by atomic mass is 10.1. The highest BCUT2D eigenvalue weighted by Gasteiger charge is 2.23. The molecule has 8 amide bonds.